The highest BCUT2D eigenvalue weighted by atomic mass is 15.3. The summed E-state index contributed by atoms with van der Waals surface area (Å²) in [7, 11) is 1.91. The van der Waals surface area contributed by atoms with Gasteiger partial charge in [0.1, 0.15) is 5.82 Å². The van der Waals surface area contributed by atoms with Crippen LogP contribution in [0.15, 0.2) is 24.3 Å². The largest absolute Gasteiger partial charge is 0.399 e. The first-order valence-corrected chi connectivity index (χ1v) is 5.36. The van der Waals surface area contributed by atoms with Crippen LogP contribution >= 0.6 is 0 Å². The molecule has 4 heteroatoms. The van der Waals surface area contributed by atoms with Crippen LogP contribution in [-0.2, 0) is 19.9 Å². The molecule has 1 aromatic heterocycles. The van der Waals surface area contributed by atoms with Crippen molar-refractivity contribution in [1.29, 1.82) is 0 Å². The van der Waals surface area contributed by atoms with E-state index in [1.165, 1.54) is 5.56 Å². The highest BCUT2D eigenvalue weighted by Gasteiger charge is 2.03. The summed E-state index contributed by atoms with van der Waals surface area (Å²) in [6.07, 6.45) is 1.81. The van der Waals surface area contributed by atoms with Crippen LogP contribution < -0.4 is 5.73 Å². The lowest BCUT2D eigenvalue weighted by Crippen LogP contribution is -1.96. The Morgan fingerprint density at radius 2 is 1.88 bits per heavy atom. The van der Waals surface area contributed by atoms with Crippen molar-refractivity contribution in [3.8, 4) is 0 Å². The minimum atomic E-state index is 0.801. The second-order valence-corrected chi connectivity index (χ2v) is 3.94. The van der Waals surface area contributed by atoms with E-state index < -0.39 is 0 Å². The standard InChI is InChI=1S/C12H16N4/c1-9-14-12(15-16(9)2)8-5-10-3-6-11(13)7-4-10/h3-4,6-7H,5,8,13H2,1-2H3. The van der Waals surface area contributed by atoms with Crippen molar-refractivity contribution in [2.75, 3.05) is 5.73 Å². The highest BCUT2D eigenvalue weighted by molar-refractivity contribution is 5.39. The maximum absolute atomic E-state index is 5.63. The molecule has 0 amide bonds. The molecule has 0 aliphatic rings. The molecule has 1 aromatic carbocycles. The van der Waals surface area contributed by atoms with E-state index in [0.29, 0.717) is 0 Å². The van der Waals surface area contributed by atoms with Crippen molar-refractivity contribution in [3.05, 3.63) is 41.5 Å². The van der Waals surface area contributed by atoms with Gasteiger partial charge in [0.15, 0.2) is 5.82 Å². The Morgan fingerprint density at radius 3 is 2.44 bits per heavy atom. The van der Waals surface area contributed by atoms with Crippen molar-refractivity contribution in [2.24, 2.45) is 7.05 Å². The van der Waals surface area contributed by atoms with Crippen LogP contribution in [0.1, 0.15) is 17.2 Å². The smallest absolute Gasteiger partial charge is 0.151 e. The Labute approximate surface area is 95.1 Å². The third kappa shape index (κ3) is 2.39. The molecule has 0 saturated carbocycles. The van der Waals surface area contributed by atoms with E-state index in [-0.39, 0.29) is 0 Å². The van der Waals surface area contributed by atoms with Gasteiger partial charge in [-0.15, -0.1) is 0 Å². The molecule has 1 heterocycles. The monoisotopic (exact) mass is 216 g/mol. The van der Waals surface area contributed by atoms with Crippen LogP contribution in [0.25, 0.3) is 0 Å². The van der Waals surface area contributed by atoms with Crippen molar-refractivity contribution in [2.45, 2.75) is 19.8 Å². The third-order valence-electron chi connectivity index (χ3n) is 2.64. The third-order valence-corrected chi connectivity index (χ3v) is 2.64. The second-order valence-electron chi connectivity index (χ2n) is 3.94. The first-order chi connectivity index (χ1) is 7.65. The summed E-state index contributed by atoms with van der Waals surface area (Å²) in [5.41, 5.74) is 7.69. The lowest BCUT2D eigenvalue weighted by molar-refractivity contribution is 0.716. The summed E-state index contributed by atoms with van der Waals surface area (Å²) in [5.74, 6) is 1.85. The van der Waals surface area contributed by atoms with Crippen molar-refractivity contribution < 1.29 is 0 Å². The molecule has 0 saturated heterocycles. The second kappa shape index (κ2) is 4.35. The van der Waals surface area contributed by atoms with Gasteiger partial charge in [0.2, 0.25) is 0 Å². The fourth-order valence-electron chi connectivity index (χ4n) is 1.57. The molecule has 0 radical (unpaired) electrons. The number of nitrogens with two attached hydrogens (primary N) is 1. The van der Waals surface area contributed by atoms with Gasteiger partial charge in [0, 0.05) is 19.2 Å². The summed E-state index contributed by atoms with van der Waals surface area (Å²) in [4.78, 5) is 4.37. The topological polar surface area (TPSA) is 56.7 Å². The van der Waals surface area contributed by atoms with Gasteiger partial charge in [-0.05, 0) is 31.0 Å². The van der Waals surface area contributed by atoms with Crippen LogP contribution in [-0.4, -0.2) is 14.8 Å². The molecule has 0 unspecified atom stereocenters. The average Bonchev–Trinajstić information content (AvgIpc) is 2.58. The molecule has 0 spiro atoms. The Kier molecular flexibility index (Phi) is 2.90. The number of nitrogen functional groups attached to an aromatic ring is 1. The summed E-state index contributed by atoms with van der Waals surface area (Å²) in [6, 6.07) is 7.94. The van der Waals surface area contributed by atoms with Gasteiger partial charge in [0.25, 0.3) is 0 Å². The number of hydrogen-bond acceptors (Lipinski definition) is 3. The fourth-order valence-corrected chi connectivity index (χ4v) is 1.57. The van der Waals surface area contributed by atoms with Gasteiger partial charge in [-0.1, -0.05) is 12.1 Å². The maximum Gasteiger partial charge on any atom is 0.151 e. The maximum atomic E-state index is 5.63. The minimum Gasteiger partial charge on any atom is -0.399 e. The lowest BCUT2D eigenvalue weighted by atomic mass is 10.1. The summed E-state index contributed by atoms with van der Waals surface area (Å²) in [5, 5.41) is 4.32. The molecule has 0 aliphatic carbocycles. The lowest BCUT2D eigenvalue weighted by Gasteiger charge is -1.99. The van der Waals surface area contributed by atoms with Gasteiger partial charge in [0.05, 0.1) is 0 Å². The van der Waals surface area contributed by atoms with Crippen molar-refractivity contribution >= 4 is 5.69 Å². The number of aryl methyl sites for hydroxylation is 4. The Hall–Kier alpha value is -1.84. The molecule has 0 bridgehead atoms. The van der Waals surface area contributed by atoms with E-state index in [1.807, 2.05) is 38.2 Å². The molecule has 84 valence electrons. The number of nitrogens with zero attached hydrogens (tertiary/aromatic N) is 3. The Bertz CT molecular complexity index is 451. The number of benzene rings is 1. The van der Waals surface area contributed by atoms with Crippen LogP contribution in [0.5, 0.6) is 0 Å². The highest BCUT2D eigenvalue weighted by Crippen LogP contribution is 2.08. The summed E-state index contributed by atoms with van der Waals surface area (Å²) < 4.78 is 1.80. The zero-order chi connectivity index (χ0) is 11.5. The predicted molar refractivity (Wildman–Crippen MR) is 64.0 cm³/mol. The van der Waals surface area contributed by atoms with Crippen LogP contribution in [0.4, 0.5) is 5.69 Å². The average molecular weight is 216 g/mol. The molecule has 0 fully saturated rings. The molecule has 2 N–H and O–H groups in total. The quantitative estimate of drug-likeness (QED) is 0.791. The Balaban J connectivity index is 1.99. The molecule has 2 aromatic rings. The number of aromatic nitrogens is 3. The molecular formula is C12H16N4. The van der Waals surface area contributed by atoms with Gasteiger partial charge in [-0.25, -0.2) is 4.98 Å². The van der Waals surface area contributed by atoms with E-state index in [9.17, 15) is 0 Å². The molecule has 16 heavy (non-hydrogen) atoms. The van der Waals surface area contributed by atoms with Gasteiger partial charge >= 0.3 is 0 Å². The minimum absolute atomic E-state index is 0.801. The zero-order valence-corrected chi connectivity index (χ0v) is 9.64. The molecular weight excluding hydrogens is 200 g/mol. The normalized spacial score (nSPS) is 10.6. The van der Waals surface area contributed by atoms with Crippen LogP contribution in [0.3, 0.4) is 0 Å². The number of hydrogen-bond donors (Lipinski definition) is 1. The van der Waals surface area contributed by atoms with Gasteiger partial charge in [-0.3, -0.25) is 4.68 Å². The first-order valence-electron chi connectivity index (χ1n) is 5.36. The molecule has 0 atom stereocenters. The SMILES string of the molecule is Cc1nc(CCc2ccc(N)cc2)nn1C. The number of rotatable bonds is 3. The molecule has 0 aliphatic heterocycles. The van der Waals surface area contributed by atoms with E-state index in [0.717, 1.165) is 30.2 Å². The van der Waals surface area contributed by atoms with Crippen molar-refractivity contribution in [3.63, 3.8) is 0 Å². The zero-order valence-electron chi connectivity index (χ0n) is 9.64. The van der Waals surface area contributed by atoms with E-state index in [2.05, 4.69) is 10.1 Å². The predicted octanol–water partition coefficient (Wildman–Crippen LogP) is 1.49. The Morgan fingerprint density at radius 1 is 1.19 bits per heavy atom. The van der Waals surface area contributed by atoms with E-state index in [1.54, 1.807) is 4.68 Å². The summed E-state index contributed by atoms with van der Waals surface area (Å²) >= 11 is 0. The van der Waals surface area contributed by atoms with Crippen molar-refractivity contribution in [1.82, 2.24) is 14.8 Å². The molecule has 4 nitrogen and oxygen atoms in total. The van der Waals surface area contributed by atoms with Gasteiger partial charge < -0.3 is 5.73 Å². The summed E-state index contributed by atoms with van der Waals surface area (Å²) in [6.45, 7) is 1.96. The fraction of sp³-hybridized carbons (Fsp3) is 0.333. The van der Waals surface area contributed by atoms with Crippen LogP contribution in [0.2, 0.25) is 0 Å². The molecule has 2 rings (SSSR count). The van der Waals surface area contributed by atoms with Crippen LogP contribution in [0, 0.1) is 6.92 Å². The first kappa shape index (κ1) is 10.7. The van der Waals surface area contributed by atoms with Gasteiger partial charge in [-0.2, -0.15) is 5.10 Å². The van der Waals surface area contributed by atoms with E-state index in [4.69, 9.17) is 5.73 Å². The number of anilines is 1. The van der Waals surface area contributed by atoms with E-state index >= 15 is 0 Å².